The van der Waals surface area contributed by atoms with E-state index in [-0.39, 0.29) is 0 Å². The van der Waals surface area contributed by atoms with Crippen molar-refractivity contribution < 1.29 is 4.74 Å². The third-order valence-corrected chi connectivity index (χ3v) is 4.96. The molecule has 0 spiro atoms. The molecule has 5 heteroatoms. The Hall–Kier alpha value is -2.27. The van der Waals surface area contributed by atoms with Gasteiger partial charge in [-0.05, 0) is 25.5 Å². The highest BCUT2D eigenvalue weighted by Gasteiger charge is 2.13. The van der Waals surface area contributed by atoms with Gasteiger partial charge in [0.1, 0.15) is 11.6 Å². The van der Waals surface area contributed by atoms with Crippen molar-refractivity contribution in [3.63, 3.8) is 0 Å². The fraction of sp³-hybridized carbons (Fsp3) is 0.300. The zero-order chi connectivity index (χ0) is 17.5. The summed E-state index contributed by atoms with van der Waals surface area (Å²) in [6, 6.07) is 18.6. The Morgan fingerprint density at radius 1 is 0.960 bits per heavy atom. The molecule has 0 saturated carbocycles. The van der Waals surface area contributed by atoms with Crippen molar-refractivity contribution in [3.05, 3.63) is 71.5 Å². The Balaban J connectivity index is 1.73. The minimum atomic E-state index is 0.675. The number of nitrogens with zero attached hydrogens (tertiary/aromatic N) is 3. The molecular weight excluding hydrogens is 330 g/mol. The number of rotatable bonds is 8. The first-order valence-electron chi connectivity index (χ1n) is 8.61. The van der Waals surface area contributed by atoms with Crippen LogP contribution in [0.1, 0.15) is 30.8 Å². The number of benzene rings is 2. The molecule has 3 aromatic rings. The molecular formula is C20H23N3OS. The Morgan fingerprint density at radius 2 is 1.72 bits per heavy atom. The van der Waals surface area contributed by atoms with Crippen molar-refractivity contribution >= 4 is 11.8 Å². The van der Waals surface area contributed by atoms with E-state index in [0.29, 0.717) is 6.61 Å². The van der Waals surface area contributed by atoms with Crippen molar-refractivity contribution in [1.29, 1.82) is 0 Å². The molecule has 0 saturated heterocycles. The van der Waals surface area contributed by atoms with Gasteiger partial charge in [0.15, 0.2) is 5.16 Å². The zero-order valence-corrected chi connectivity index (χ0v) is 15.5. The molecule has 0 aliphatic rings. The number of thioether (sulfide) groups is 1. The van der Waals surface area contributed by atoms with Crippen LogP contribution in [0.25, 0.3) is 0 Å². The third kappa shape index (κ3) is 4.42. The Morgan fingerprint density at radius 3 is 2.48 bits per heavy atom. The predicted molar refractivity (Wildman–Crippen MR) is 102 cm³/mol. The summed E-state index contributed by atoms with van der Waals surface area (Å²) in [5, 5.41) is 9.78. The number of para-hydroxylation sites is 1. The van der Waals surface area contributed by atoms with E-state index in [2.05, 4.69) is 52.0 Å². The third-order valence-electron chi connectivity index (χ3n) is 3.94. The molecule has 0 amide bonds. The zero-order valence-electron chi connectivity index (χ0n) is 14.7. The summed E-state index contributed by atoms with van der Waals surface area (Å²) in [6.45, 7) is 5.68. The molecule has 0 N–H and O–H groups in total. The lowest BCUT2D eigenvalue weighted by molar-refractivity contribution is 0.337. The molecule has 3 rings (SSSR count). The first kappa shape index (κ1) is 17.5. The fourth-order valence-corrected chi connectivity index (χ4v) is 3.73. The van der Waals surface area contributed by atoms with Gasteiger partial charge in [-0.2, -0.15) is 0 Å². The standard InChI is InChI=1S/C20H23N3OS/c1-3-23-19(14-16-10-6-5-7-11-16)21-22-20(23)25-15-17-12-8-9-13-18(17)24-4-2/h5-13H,3-4,14-15H2,1-2H3. The molecule has 0 aliphatic carbocycles. The summed E-state index contributed by atoms with van der Waals surface area (Å²) in [7, 11) is 0. The van der Waals surface area contributed by atoms with Gasteiger partial charge in [-0.1, -0.05) is 60.3 Å². The molecule has 130 valence electrons. The molecule has 0 atom stereocenters. The van der Waals surface area contributed by atoms with E-state index >= 15 is 0 Å². The number of hydrogen-bond donors (Lipinski definition) is 0. The van der Waals surface area contributed by atoms with Crippen LogP contribution >= 0.6 is 11.8 Å². The van der Waals surface area contributed by atoms with Crippen molar-refractivity contribution in [2.45, 2.75) is 37.7 Å². The Kier molecular flexibility index (Phi) is 6.12. The molecule has 0 radical (unpaired) electrons. The Labute approximate surface area is 153 Å². The first-order valence-corrected chi connectivity index (χ1v) is 9.59. The minimum Gasteiger partial charge on any atom is -0.494 e. The van der Waals surface area contributed by atoms with E-state index < -0.39 is 0 Å². The average Bonchev–Trinajstić information content (AvgIpc) is 3.03. The summed E-state index contributed by atoms with van der Waals surface area (Å²) < 4.78 is 7.91. The highest BCUT2D eigenvalue weighted by molar-refractivity contribution is 7.98. The lowest BCUT2D eigenvalue weighted by Gasteiger charge is -2.10. The van der Waals surface area contributed by atoms with Gasteiger partial charge in [0, 0.05) is 24.3 Å². The lowest BCUT2D eigenvalue weighted by Crippen LogP contribution is -2.04. The van der Waals surface area contributed by atoms with E-state index in [1.165, 1.54) is 11.1 Å². The van der Waals surface area contributed by atoms with Gasteiger partial charge >= 0.3 is 0 Å². The van der Waals surface area contributed by atoms with Crippen molar-refractivity contribution in [2.24, 2.45) is 0 Å². The van der Waals surface area contributed by atoms with Crippen LogP contribution in [0.15, 0.2) is 59.8 Å². The summed E-state index contributed by atoms with van der Waals surface area (Å²) in [6.07, 6.45) is 0.803. The normalized spacial score (nSPS) is 10.8. The van der Waals surface area contributed by atoms with E-state index in [4.69, 9.17) is 4.74 Å². The maximum atomic E-state index is 5.71. The summed E-state index contributed by atoms with van der Waals surface area (Å²) in [4.78, 5) is 0. The average molecular weight is 353 g/mol. The van der Waals surface area contributed by atoms with Crippen LogP contribution in [-0.4, -0.2) is 21.4 Å². The SMILES string of the molecule is CCOc1ccccc1CSc1nnc(Cc2ccccc2)n1CC. The maximum absolute atomic E-state index is 5.71. The molecule has 25 heavy (non-hydrogen) atoms. The number of aromatic nitrogens is 3. The molecule has 4 nitrogen and oxygen atoms in total. The molecule has 0 aliphatic heterocycles. The molecule has 1 aromatic heterocycles. The van der Waals surface area contributed by atoms with Gasteiger partial charge in [-0.25, -0.2) is 0 Å². The van der Waals surface area contributed by atoms with E-state index in [1.54, 1.807) is 11.8 Å². The molecule has 1 heterocycles. The predicted octanol–water partition coefficient (Wildman–Crippen LogP) is 4.58. The van der Waals surface area contributed by atoms with Crippen LogP contribution in [-0.2, 0) is 18.7 Å². The van der Waals surface area contributed by atoms with Gasteiger partial charge in [0.2, 0.25) is 0 Å². The monoisotopic (exact) mass is 353 g/mol. The summed E-state index contributed by atoms with van der Waals surface area (Å²) in [5.41, 5.74) is 2.44. The van der Waals surface area contributed by atoms with Crippen LogP contribution < -0.4 is 4.74 Å². The Bertz CT molecular complexity index is 802. The largest absolute Gasteiger partial charge is 0.494 e. The second kappa shape index (κ2) is 8.72. The molecule has 0 unspecified atom stereocenters. The quantitative estimate of drug-likeness (QED) is 0.556. The number of hydrogen-bond acceptors (Lipinski definition) is 4. The maximum Gasteiger partial charge on any atom is 0.191 e. The number of ether oxygens (including phenoxy) is 1. The van der Waals surface area contributed by atoms with Gasteiger partial charge in [-0.3, -0.25) is 0 Å². The fourth-order valence-electron chi connectivity index (χ4n) is 2.71. The van der Waals surface area contributed by atoms with Crippen molar-refractivity contribution in [2.75, 3.05) is 6.61 Å². The van der Waals surface area contributed by atoms with Gasteiger partial charge in [-0.15, -0.1) is 10.2 Å². The summed E-state index contributed by atoms with van der Waals surface area (Å²) in [5.74, 6) is 2.78. The topological polar surface area (TPSA) is 39.9 Å². The van der Waals surface area contributed by atoms with Crippen molar-refractivity contribution in [1.82, 2.24) is 14.8 Å². The van der Waals surface area contributed by atoms with E-state index in [0.717, 1.165) is 35.4 Å². The molecule has 0 bridgehead atoms. The molecule has 2 aromatic carbocycles. The second-order valence-electron chi connectivity index (χ2n) is 5.63. The summed E-state index contributed by atoms with van der Waals surface area (Å²) >= 11 is 1.71. The highest BCUT2D eigenvalue weighted by Crippen LogP contribution is 2.27. The van der Waals surface area contributed by atoms with Gasteiger partial charge in [0.05, 0.1) is 6.61 Å². The van der Waals surface area contributed by atoms with E-state index in [9.17, 15) is 0 Å². The highest BCUT2D eigenvalue weighted by atomic mass is 32.2. The molecule has 0 fully saturated rings. The van der Waals surface area contributed by atoms with Crippen LogP contribution in [0.2, 0.25) is 0 Å². The van der Waals surface area contributed by atoms with E-state index in [1.807, 2.05) is 31.2 Å². The van der Waals surface area contributed by atoms with Gasteiger partial charge < -0.3 is 9.30 Å². The van der Waals surface area contributed by atoms with Crippen LogP contribution in [0, 0.1) is 0 Å². The first-order chi connectivity index (χ1) is 12.3. The van der Waals surface area contributed by atoms with Crippen LogP contribution in [0.3, 0.4) is 0 Å². The van der Waals surface area contributed by atoms with Gasteiger partial charge in [0.25, 0.3) is 0 Å². The second-order valence-corrected chi connectivity index (χ2v) is 6.58. The van der Waals surface area contributed by atoms with Crippen molar-refractivity contribution in [3.8, 4) is 5.75 Å². The van der Waals surface area contributed by atoms with Crippen LogP contribution in [0.5, 0.6) is 5.75 Å². The lowest BCUT2D eigenvalue weighted by atomic mass is 10.1. The van der Waals surface area contributed by atoms with Crippen LogP contribution in [0.4, 0.5) is 0 Å². The minimum absolute atomic E-state index is 0.675. The smallest absolute Gasteiger partial charge is 0.191 e.